The molecule has 4 atom stereocenters. The number of amides is 2. The first kappa shape index (κ1) is 35.7. The predicted molar refractivity (Wildman–Crippen MR) is 157 cm³/mol. The number of nitrogens with one attached hydrogen (secondary N) is 2. The second-order valence-corrected chi connectivity index (χ2v) is 12.8. The summed E-state index contributed by atoms with van der Waals surface area (Å²) in [5, 5.41) is 5.56. The molecule has 2 amide bonds. The van der Waals surface area contributed by atoms with Crippen molar-refractivity contribution in [3.63, 3.8) is 0 Å². The molecule has 2 saturated carbocycles. The molecule has 0 aliphatic heterocycles. The van der Waals surface area contributed by atoms with Gasteiger partial charge in [-0.1, -0.05) is 29.6 Å². The molecule has 46 heavy (non-hydrogen) atoms. The fourth-order valence-electron chi connectivity index (χ4n) is 5.59. The topological polar surface area (TPSA) is 179 Å². The fraction of sp³-hybridized carbons (Fsp3) is 0.464. The lowest BCUT2D eigenvalue weighted by Crippen LogP contribution is -2.67. The van der Waals surface area contributed by atoms with Crippen molar-refractivity contribution in [3.8, 4) is 11.5 Å². The van der Waals surface area contributed by atoms with E-state index < -0.39 is 81.5 Å². The number of rotatable bonds is 13. The summed E-state index contributed by atoms with van der Waals surface area (Å²) < 4.78 is 64.0. The standard InChI is InChI=1S/C28H31Cl2F2N2O11P/c29-19-5-3-17(10-21(19)31)42-14-25(35)33-23-12-24(45-27(37)41-8-9-44-46(38,39)40)28(7-1-2-16(23)13-28)34-26(36)15-43-18-4-6-20(30)22(32)11-18/h3-6,10-11,16,23-24H,1-2,7-9,12-15H2,(H,33,35)(H,34,36)(H2,38,39,40)/t16?,23?,24-,28?/m0/s1. The minimum absolute atomic E-state index is 0.0591. The Balaban J connectivity index is 1.42. The number of fused-ring (bicyclic) bond motifs is 2. The number of carbonyl (C=O) groups is 3. The van der Waals surface area contributed by atoms with E-state index in [9.17, 15) is 27.7 Å². The highest BCUT2D eigenvalue weighted by molar-refractivity contribution is 7.46. The molecule has 2 fully saturated rings. The van der Waals surface area contributed by atoms with Gasteiger partial charge in [0.1, 0.15) is 35.8 Å². The Morgan fingerprint density at radius 1 is 0.957 bits per heavy atom. The number of carbonyl (C=O) groups excluding carboxylic acids is 3. The highest BCUT2D eigenvalue weighted by Crippen LogP contribution is 2.45. The Bertz CT molecular complexity index is 1480. The number of benzene rings is 2. The highest BCUT2D eigenvalue weighted by atomic mass is 35.5. The van der Waals surface area contributed by atoms with Crippen LogP contribution < -0.4 is 20.1 Å². The van der Waals surface area contributed by atoms with Crippen LogP contribution in [0.1, 0.15) is 32.1 Å². The summed E-state index contributed by atoms with van der Waals surface area (Å²) in [6, 6.07) is 6.93. The largest absolute Gasteiger partial charge is 0.508 e. The Morgan fingerprint density at radius 3 is 2.15 bits per heavy atom. The molecule has 2 aliphatic carbocycles. The molecule has 4 rings (SSSR count). The smallest absolute Gasteiger partial charge is 0.484 e. The lowest BCUT2D eigenvalue weighted by Gasteiger charge is -2.52. The first-order valence-electron chi connectivity index (χ1n) is 14.0. The number of hydrogen-bond donors (Lipinski definition) is 4. The molecule has 0 radical (unpaired) electrons. The van der Waals surface area contributed by atoms with Gasteiger partial charge in [-0.2, -0.15) is 0 Å². The molecule has 0 saturated heterocycles. The molecule has 4 N–H and O–H groups in total. The van der Waals surface area contributed by atoms with Crippen LogP contribution in [0, 0.1) is 17.6 Å². The predicted octanol–water partition coefficient (Wildman–Crippen LogP) is 4.29. The summed E-state index contributed by atoms with van der Waals surface area (Å²) in [5.74, 6) is -2.53. The summed E-state index contributed by atoms with van der Waals surface area (Å²) in [4.78, 5) is 56.1. The monoisotopic (exact) mass is 710 g/mol. The van der Waals surface area contributed by atoms with Crippen molar-refractivity contribution < 1.29 is 61.0 Å². The summed E-state index contributed by atoms with van der Waals surface area (Å²) in [6.45, 7) is -2.07. The van der Waals surface area contributed by atoms with Crippen LogP contribution in [0.3, 0.4) is 0 Å². The number of halogens is 4. The summed E-state index contributed by atoms with van der Waals surface area (Å²) in [6.07, 6.45) is -0.188. The van der Waals surface area contributed by atoms with Gasteiger partial charge >= 0.3 is 14.0 Å². The van der Waals surface area contributed by atoms with Crippen molar-refractivity contribution >= 4 is 49.0 Å². The quantitative estimate of drug-likeness (QED) is 0.132. The highest BCUT2D eigenvalue weighted by Gasteiger charge is 2.53. The molecule has 3 unspecified atom stereocenters. The molecule has 18 heteroatoms. The van der Waals surface area contributed by atoms with Gasteiger partial charge in [0.15, 0.2) is 13.2 Å². The van der Waals surface area contributed by atoms with E-state index in [-0.39, 0.29) is 33.9 Å². The maximum absolute atomic E-state index is 13.8. The minimum Gasteiger partial charge on any atom is -0.484 e. The summed E-state index contributed by atoms with van der Waals surface area (Å²) in [5.41, 5.74) is -1.09. The van der Waals surface area contributed by atoms with E-state index in [1.54, 1.807) is 0 Å². The van der Waals surface area contributed by atoms with Crippen molar-refractivity contribution in [1.82, 2.24) is 10.6 Å². The maximum atomic E-state index is 13.8. The molecule has 2 aromatic carbocycles. The van der Waals surface area contributed by atoms with Crippen LogP contribution in [0.4, 0.5) is 13.6 Å². The van der Waals surface area contributed by atoms with Crippen molar-refractivity contribution in [1.29, 1.82) is 0 Å². The van der Waals surface area contributed by atoms with Gasteiger partial charge in [0, 0.05) is 24.6 Å². The zero-order valence-corrected chi connectivity index (χ0v) is 26.5. The van der Waals surface area contributed by atoms with E-state index in [1.807, 2.05) is 0 Å². The van der Waals surface area contributed by atoms with Crippen LogP contribution in [0.2, 0.25) is 10.0 Å². The van der Waals surface area contributed by atoms with Crippen LogP contribution >= 0.6 is 31.0 Å². The number of phosphoric ester groups is 1. The Hall–Kier alpha value is -3.20. The molecule has 2 bridgehead atoms. The maximum Gasteiger partial charge on any atom is 0.508 e. The molecular weight excluding hydrogens is 680 g/mol. The van der Waals surface area contributed by atoms with Crippen molar-refractivity contribution in [2.45, 2.75) is 49.8 Å². The second-order valence-electron chi connectivity index (χ2n) is 10.7. The number of hydrogen-bond acceptors (Lipinski definition) is 9. The van der Waals surface area contributed by atoms with Gasteiger partial charge in [-0.25, -0.2) is 18.1 Å². The third-order valence-corrected chi connectivity index (χ3v) is 8.67. The Morgan fingerprint density at radius 2 is 1.57 bits per heavy atom. The second kappa shape index (κ2) is 15.6. The zero-order valence-electron chi connectivity index (χ0n) is 24.1. The Labute approximate surface area is 272 Å². The average molecular weight is 711 g/mol. The van der Waals surface area contributed by atoms with Crippen LogP contribution in [0.15, 0.2) is 36.4 Å². The van der Waals surface area contributed by atoms with Crippen LogP contribution in [0.25, 0.3) is 0 Å². The molecule has 13 nitrogen and oxygen atoms in total. The molecule has 0 spiro atoms. The minimum atomic E-state index is -4.78. The van der Waals surface area contributed by atoms with Crippen molar-refractivity contribution in [3.05, 3.63) is 58.1 Å². The van der Waals surface area contributed by atoms with E-state index in [4.69, 9.17) is 51.9 Å². The van der Waals surface area contributed by atoms with Gasteiger partial charge in [-0.15, -0.1) is 0 Å². The lowest BCUT2D eigenvalue weighted by molar-refractivity contribution is -0.134. The van der Waals surface area contributed by atoms with Crippen LogP contribution in [0.5, 0.6) is 11.5 Å². The van der Waals surface area contributed by atoms with Gasteiger partial charge in [0.25, 0.3) is 11.8 Å². The summed E-state index contributed by atoms with van der Waals surface area (Å²) >= 11 is 11.4. The van der Waals surface area contributed by atoms with Gasteiger partial charge in [-0.3, -0.25) is 14.1 Å². The molecule has 0 heterocycles. The summed E-state index contributed by atoms with van der Waals surface area (Å²) in [7, 11) is -4.78. The van der Waals surface area contributed by atoms with Crippen LogP contribution in [-0.2, 0) is 28.2 Å². The first-order chi connectivity index (χ1) is 21.7. The number of phosphoric acid groups is 1. The Kier molecular flexibility index (Phi) is 12.1. The third kappa shape index (κ3) is 10.1. The molecular formula is C28H31Cl2F2N2O11P. The van der Waals surface area contributed by atoms with E-state index in [0.29, 0.717) is 25.7 Å². The third-order valence-electron chi connectivity index (χ3n) is 7.54. The lowest BCUT2D eigenvalue weighted by atomic mass is 9.63. The van der Waals surface area contributed by atoms with Crippen molar-refractivity contribution in [2.75, 3.05) is 26.4 Å². The van der Waals surface area contributed by atoms with E-state index in [0.717, 1.165) is 12.1 Å². The average Bonchev–Trinajstić information content (AvgIpc) is 2.99. The normalized spacial score (nSPS) is 22.3. The first-order valence-corrected chi connectivity index (χ1v) is 16.3. The van der Waals surface area contributed by atoms with Crippen molar-refractivity contribution in [2.24, 2.45) is 5.92 Å². The van der Waals surface area contributed by atoms with Gasteiger partial charge in [0.05, 0.1) is 22.2 Å². The zero-order chi connectivity index (χ0) is 33.5. The van der Waals surface area contributed by atoms with Crippen LogP contribution in [-0.4, -0.2) is 71.9 Å². The van der Waals surface area contributed by atoms with E-state index in [2.05, 4.69) is 15.2 Å². The fourth-order valence-corrected chi connectivity index (χ4v) is 6.14. The number of ether oxygens (including phenoxy) is 4. The van der Waals surface area contributed by atoms with Gasteiger partial charge < -0.3 is 39.4 Å². The van der Waals surface area contributed by atoms with Gasteiger partial charge in [0.2, 0.25) is 0 Å². The van der Waals surface area contributed by atoms with E-state index >= 15 is 0 Å². The molecule has 2 aromatic rings. The molecule has 252 valence electrons. The molecule has 0 aromatic heterocycles. The van der Waals surface area contributed by atoms with Gasteiger partial charge in [-0.05, 0) is 49.4 Å². The molecule has 2 aliphatic rings. The SMILES string of the molecule is O=C(COc1ccc(Cl)c(F)c1)NC1C[C@H](OC(=O)OCCOP(=O)(O)O)C2(NC(=O)COc3ccc(Cl)c(F)c3)CCCC1C2. The van der Waals surface area contributed by atoms with E-state index in [1.165, 1.54) is 24.3 Å².